The van der Waals surface area contributed by atoms with Gasteiger partial charge in [0.1, 0.15) is 0 Å². The molecule has 1 N–H and O–H groups in total. The molecule has 0 radical (unpaired) electrons. The van der Waals surface area contributed by atoms with Gasteiger partial charge in [0.25, 0.3) is 0 Å². The Morgan fingerprint density at radius 1 is 1.47 bits per heavy atom. The zero-order chi connectivity index (χ0) is 13.2. The Balaban J connectivity index is 3.21. The molecule has 0 aromatic heterocycles. The third-order valence-electron chi connectivity index (χ3n) is 2.03. The number of halogens is 2. The predicted octanol–water partition coefficient (Wildman–Crippen LogP) is 2.53. The quantitative estimate of drug-likeness (QED) is 0.845. The lowest BCUT2D eigenvalue weighted by atomic mass is 10.1. The van der Waals surface area contributed by atoms with E-state index in [4.69, 9.17) is 21.4 Å². The van der Waals surface area contributed by atoms with E-state index in [-0.39, 0.29) is 10.6 Å². The Bertz CT molecular complexity index is 473. The number of carbonyl (C=O) groups is 2. The number of Topliss-reactive ketones (excluding diaryl/α,β-unsaturated/α-hetero) is 1. The Labute approximate surface area is 102 Å². The van der Waals surface area contributed by atoms with Gasteiger partial charge in [0, 0.05) is 5.02 Å². The standard InChI is InChI=1S/C11H10ClFO4/c1-5(14)8-3-7(12)4-9(13)10(8)17-6(2)11(15)16/h3-4,6H,1-2H3,(H,15,16)/t6-/m0/s1. The maximum atomic E-state index is 13.5. The summed E-state index contributed by atoms with van der Waals surface area (Å²) in [6.07, 6.45) is -1.26. The maximum absolute atomic E-state index is 13.5. The molecule has 0 bridgehead atoms. The summed E-state index contributed by atoms with van der Waals surface area (Å²) in [5, 5.41) is 8.70. The van der Waals surface area contributed by atoms with Crippen molar-refractivity contribution in [2.75, 3.05) is 0 Å². The molecule has 0 fully saturated rings. The molecular weight excluding hydrogens is 251 g/mol. The van der Waals surface area contributed by atoms with Crippen molar-refractivity contribution in [3.8, 4) is 5.75 Å². The van der Waals surface area contributed by atoms with Crippen LogP contribution in [0.4, 0.5) is 4.39 Å². The van der Waals surface area contributed by atoms with Crippen molar-refractivity contribution in [3.63, 3.8) is 0 Å². The van der Waals surface area contributed by atoms with Gasteiger partial charge < -0.3 is 9.84 Å². The minimum atomic E-state index is -1.26. The van der Waals surface area contributed by atoms with Crippen LogP contribution in [0.5, 0.6) is 5.75 Å². The zero-order valence-corrected chi connectivity index (χ0v) is 9.92. The topological polar surface area (TPSA) is 63.6 Å². The van der Waals surface area contributed by atoms with Crippen molar-refractivity contribution in [3.05, 3.63) is 28.5 Å². The normalized spacial score (nSPS) is 12.0. The van der Waals surface area contributed by atoms with Gasteiger partial charge in [0.15, 0.2) is 23.5 Å². The van der Waals surface area contributed by atoms with E-state index in [0.717, 1.165) is 6.07 Å². The molecule has 0 amide bonds. The highest BCUT2D eigenvalue weighted by atomic mass is 35.5. The smallest absolute Gasteiger partial charge is 0.344 e. The summed E-state index contributed by atoms with van der Waals surface area (Å²) in [7, 11) is 0. The van der Waals surface area contributed by atoms with E-state index in [1.54, 1.807) is 0 Å². The van der Waals surface area contributed by atoms with Gasteiger partial charge in [-0.15, -0.1) is 0 Å². The van der Waals surface area contributed by atoms with Gasteiger partial charge in [-0.1, -0.05) is 11.6 Å². The number of hydrogen-bond acceptors (Lipinski definition) is 3. The molecule has 1 aromatic carbocycles. The number of hydrogen-bond donors (Lipinski definition) is 1. The lowest BCUT2D eigenvalue weighted by Gasteiger charge is -2.14. The summed E-state index contributed by atoms with van der Waals surface area (Å²) in [6.45, 7) is 2.45. The molecule has 6 heteroatoms. The fraction of sp³-hybridized carbons (Fsp3) is 0.273. The van der Waals surface area contributed by atoms with Crippen LogP contribution in [0.2, 0.25) is 5.02 Å². The van der Waals surface area contributed by atoms with Crippen LogP contribution in [-0.4, -0.2) is 23.0 Å². The van der Waals surface area contributed by atoms with Gasteiger partial charge in [-0.05, 0) is 26.0 Å². The molecule has 1 atom stereocenters. The number of aliphatic carboxylic acids is 1. The van der Waals surface area contributed by atoms with Gasteiger partial charge in [-0.25, -0.2) is 9.18 Å². The summed E-state index contributed by atoms with van der Waals surface area (Å²) in [5.74, 6) is -2.97. The van der Waals surface area contributed by atoms with Crippen LogP contribution in [0.25, 0.3) is 0 Å². The van der Waals surface area contributed by atoms with E-state index < -0.39 is 29.4 Å². The predicted molar refractivity (Wildman–Crippen MR) is 59.1 cm³/mol. The fourth-order valence-electron chi connectivity index (χ4n) is 1.17. The van der Waals surface area contributed by atoms with Crippen LogP contribution in [-0.2, 0) is 4.79 Å². The summed E-state index contributed by atoms with van der Waals surface area (Å²) < 4.78 is 18.4. The van der Waals surface area contributed by atoms with Gasteiger partial charge in [-0.2, -0.15) is 0 Å². The van der Waals surface area contributed by atoms with Gasteiger partial charge in [-0.3, -0.25) is 4.79 Å². The minimum absolute atomic E-state index is 0.0445. The van der Waals surface area contributed by atoms with E-state index in [0.29, 0.717) is 0 Å². The summed E-state index contributed by atoms with van der Waals surface area (Å²) >= 11 is 5.60. The number of carbonyl (C=O) groups excluding carboxylic acids is 1. The Morgan fingerprint density at radius 3 is 2.53 bits per heavy atom. The summed E-state index contributed by atoms with van der Waals surface area (Å²) in [6, 6.07) is 2.19. The van der Waals surface area contributed by atoms with Crippen LogP contribution in [0.15, 0.2) is 12.1 Å². The number of carboxylic acid groups (broad SMARTS) is 1. The molecule has 0 spiro atoms. The zero-order valence-electron chi connectivity index (χ0n) is 9.16. The summed E-state index contributed by atoms with van der Waals surface area (Å²) in [5.41, 5.74) is -0.0805. The van der Waals surface area contributed by atoms with E-state index in [9.17, 15) is 14.0 Å². The fourth-order valence-corrected chi connectivity index (χ4v) is 1.37. The molecule has 0 aliphatic heterocycles. The highest BCUT2D eigenvalue weighted by Crippen LogP contribution is 2.28. The first kappa shape index (κ1) is 13.4. The average Bonchev–Trinajstić information content (AvgIpc) is 2.20. The van der Waals surface area contributed by atoms with Crippen molar-refractivity contribution in [2.45, 2.75) is 20.0 Å². The third-order valence-corrected chi connectivity index (χ3v) is 2.25. The number of rotatable bonds is 4. The average molecular weight is 261 g/mol. The van der Waals surface area contributed by atoms with Crippen molar-refractivity contribution in [1.29, 1.82) is 0 Å². The number of ketones is 1. The van der Waals surface area contributed by atoms with Crippen molar-refractivity contribution < 1.29 is 23.8 Å². The van der Waals surface area contributed by atoms with Gasteiger partial charge in [0.05, 0.1) is 5.56 Å². The maximum Gasteiger partial charge on any atom is 0.344 e. The monoisotopic (exact) mass is 260 g/mol. The van der Waals surface area contributed by atoms with Crippen LogP contribution < -0.4 is 4.74 Å². The second kappa shape index (κ2) is 5.14. The van der Waals surface area contributed by atoms with E-state index >= 15 is 0 Å². The van der Waals surface area contributed by atoms with Crippen LogP contribution in [0, 0.1) is 5.82 Å². The van der Waals surface area contributed by atoms with Crippen LogP contribution in [0.1, 0.15) is 24.2 Å². The molecule has 17 heavy (non-hydrogen) atoms. The SMILES string of the molecule is CC(=O)c1cc(Cl)cc(F)c1O[C@@H](C)C(=O)O. The molecular formula is C11H10ClFO4. The molecule has 92 valence electrons. The Kier molecular flexibility index (Phi) is 4.07. The van der Waals surface area contributed by atoms with Crippen LogP contribution >= 0.6 is 11.6 Å². The first-order valence-corrected chi connectivity index (χ1v) is 5.10. The van der Waals surface area contributed by atoms with Crippen molar-refractivity contribution in [2.24, 2.45) is 0 Å². The lowest BCUT2D eigenvalue weighted by molar-refractivity contribution is -0.144. The van der Waals surface area contributed by atoms with E-state index in [1.165, 1.54) is 19.9 Å². The number of benzene rings is 1. The van der Waals surface area contributed by atoms with E-state index in [2.05, 4.69) is 0 Å². The van der Waals surface area contributed by atoms with Crippen molar-refractivity contribution in [1.82, 2.24) is 0 Å². The highest BCUT2D eigenvalue weighted by Gasteiger charge is 2.20. The molecule has 0 unspecified atom stereocenters. The minimum Gasteiger partial charge on any atom is -0.479 e. The first-order valence-electron chi connectivity index (χ1n) is 4.72. The highest BCUT2D eigenvalue weighted by molar-refractivity contribution is 6.31. The van der Waals surface area contributed by atoms with Gasteiger partial charge in [0.2, 0.25) is 0 Å². The first-order chi connectivity index (χ1) is 7.82. The largest absolute Gasteiger partial charge is 0.479 e. The summed E-state index contributed by atoms with van der Waals surface area (Å²) in [4.78, 5) is 21.9. The second-order valence-corrected chi connectivity index (χ2v) is 3.86. The molecule has 1 aromatic rings. The Hall–Kier alpha value is -1.62. The molecule has 0 heterocycles. The third kappa shape index (κ3) is 3.17. The molecule has 0 aliphatic carbocycles. The molecule has 0 saturated heterocycles. The molecule has 1 rings (SSSR count). The number of ether oxygens (including phenoxy) is 1. The number of carboxylic acids is 1. The Morgan fingerprint density at radius 2 is 2.06 bits per heavy atom. The van der Waals surface area contributed by atoms with Crippen molar-refractivity contribution >= 4 is 23.4 Å². The second-order valence-electron chi connectivity index (χ2n) is 3.42. The van der Waals surface area contributed by atoms with Gasteiger partial charge >= 0.3 is 5.97 Å². The lowest BCUT2D eigenvalue weighted by Crippen LogP contribution is -2.24. The van der Waals surface area contributed by atoms with E-state index in [1.807, 2.05) is 0 Å². The van der Waals surface area contributed by atoms with Crippen LogP contribution in [0.3, 0.4) is 0 Å². The molecule has 0 saturated carbocycles. The molecule has 4 nitrogen and oxygen atoms in total. The molecule has 0 aliphatic rings.